The van der Waals surface area contributed by atoms with Gasteiger partial charge in [-0.05, 0) is 63.1 Å². The molecule has 6 nitrogen and oxygen atoms in total. The second kappa shape index (κ2) is 8.48. The van der Waals surface area contributed by atoms with E-state index in [1.54, 1.807) is 6.07 Å². The highest BCUT2D eigenvalue weighted by Gasteiger charge is 2.23. The third kappa shape index (κ3) is 3.65. The molecule has 0 saturated carbocycles. The molecule has 6 heteroatoms. The molecule has 1 saturated heterocycles. The van der Waals surface area contributed by atoms with Gasteiger partial charge in [0.15, 0.2) is 5.43 Å². The second-order valence-electron chi connectivity index (χ2n) is 10.4. The number of anilines is 1. The van der Waals surface area contributed by atoms with Crippen molar-refractivity contribution in [2.75, 3.05) is 38.1 Å². The number of aromatic nitrogens is 2. The monoisotopic (exact) mass is 455 g/mol. The molecule has 5 rings (SSSR count). The van der Waals surface area contributed by atoms with E-state index in [2.05, 4.69) is 72.3 Å². The van der Waals surface area contributed by atoms with Gasteiger partial charge in [-0.25, -0.2) is 0 Å². The summed E-state index contributed by atoms with van der Waals surface area (Å²) in [7, 11) is 2.17. The van der Waals surface area contributed by atoms with Crippen LogP contribution < -0.4 is 10.3 Å². The quantitative estimate of drug-likeness (QED) is 0.468. The number of likely N-dealkylation sites (N-methyl/N-ethyl adjacent to an activating group) is 1. The summed E-state index contributed by atoms with van der Waals surface area (Å²) < 4.78 is 2.26. The topological polar surface area (TPSA) is 68.1 Å². The Balaban J connectivity index is 1.86. The molecule has 0 bridgehead atoms. The number of hydrogen-bond acceptors (Lipinski definition) is 4. The molecule has 0 atom stereocenters. The highest BCUT2D eigenvalue weighted by Crippen LogP contribution is 2.34. The Labute approximate surface area is 200 Å². The fourth-order valence-corrected chi connectivity index (χ4v) is 5.40. The van der Waals surface area contributed by atoms with Gasteiger partial charge in [-0.2, -0.15) is 5.26 Å². The van der Waals surface area contributed by atoms with Crippen LogP contribution in [0.1, 0.15) is 44.9 Å². The van der Waals surface area contributed by atoms with Crippen LogP contribution >= 0.6 is 0 Å². The molecule has 0 radical (unpaired) electrons. The molecular weight excluding hydrogens is 422 g/mol. The van der Waals surface area contributed by atoms with Crippen LogP contribution in [0.2, 0.25) is 0 Å². The third-order valence-electron chi connectivity index (χ3n) is 7.07. The van der Waals surface area contributed by atoms with Crippen molar-refractivity contribution in [2.24, 2.45) is 5.92 Å². The predicted molar refractivity (Wildman–Crippen MR) is 141 cm³/mol. The van der Waals surface area contributed by atoms with E-state index in [1.807, 2.05) is 12.1 Å². The Kier molecular flexibility index (Phi) is 5.61. The minimum absolute atomic E-state index is 0.0628. The third-order valence-corrected chi connectivity index (χ3v) is 7.07. The van der Waals surface area contributed by atoms with Crippen molar-refractivity contribution in [2.45, 2.75) is 40.2 Å². The molecular formula is C28H33N5O. The zero-order chi connectivity index (χ0) is 24.1. The van der Waals surface area contributed by atoms with Crippen LogP contribution in [-0.4, -0.2) is 47.7 Å². The van der Waals surface area contributed by atoms with Gasteiger partial charge >= 0.3 is 0 Å². The smallest absolute Gasteiger partial charge is 0.199 e. The Morgan fingerprint density at radius 2 is 1.76 bits per heavy atom. The standard InChI is InChI=1S/C28H33N5O/c1-17(2)12-20-14-22-25(15-24(20)32-10-8-31(5)9-11-32)33(18(3)4)28-26(27(22)34)21-7-6-19(16-29)13-23(21)30-28/h6-7,13-15,17-18,30H,8-12H2,1-5H3. The van der Waals surface area contributed by atoms with Gasteiger partial charge in [0, 0.05) is 54.2 Å². The van der Waals surface area contributed by atoms with E-state index in [1.165, 1.54) is 11.3 Å². The Hall–Kier alpha value is -3.30. The molecule has 1 fully saturated rings. The minimum Gasteiger partial charge on any atom is -0.369 e. The van der Waals surface area contributed by atoms with Crippen molar-refractivity contribution in [1.82, 2.24) is 14.5 Å². The van der Waals surface area contributed by atoms with Gasteiger partial charge in [-0.1, -0.05) is 19.9 Å². The van der Waals surface area contributed by atoms with E-state index in [4.69, 9.17) is 0 Å². The number of piperazine rings is 1. The molecule has 1 N–H and O–H groups in total. The lowest BCUT2D eigenvalue weighted by molar-refractivity contribution is 0.312. The van der Waals surface area contributed by atoms with Gasteiger partial charge in [0.2, 0.25) is 0 Å². The fourth-order valence-electron chi connectivity index (χ4n) is 5.40. The molecule has 2 aromatic heterocycles. The first-order valence-corrected chi connectivity index (χ1v) is 12.3. The lowest BCUT2D eigenvalue weighted by Crippen LogP contribution is -2.44. The van der Waals surface area contributed by atoms with Crippen molar-refractivity contribution in [3.63, 3.8) is 0 Å². The number of aromatic amines is 1. The molecule has 3 heterocycles. The van der Waals surface area contributed by atoms with E-state index in [0.29, 0.717) is 16.9 Å². The molecule has 1 aliphatic rings. The number of hydrogen-bond donors (Lipinski definition) is 1. The van der Waals surface area contributed by atoms with Crippen LogP contribution in [0.25, 0.3) is 32.8 Å². The van der Waals surface area contributed by atoms with Crippen LogP contribution in [0.5, 0.6) is 0 Å². The molecule has 0 spiro atoms. The minimum atomic E-state index is 0.0628. The Morgan fingerprint density at radius 1 is 1.03 bits per heavy atom. The van der Waals surface area contributed by atoms with Crippen LogP contribution in [0.15, 0.2) is 35.1 Å². The van der Waals surface area contributed by atoms with E-state index in [9.17, 15) is 10.1 Å². The van der Waals surface area contributed by atoms with Crippen molar-refractivity contribution >= 4 is 38.5 Å². The maximum Gasteiger partial charge on any atom is 0.199 e. The number of rotatable bonds is 4. The average molecular weight is 456 g/mol. The maximum absolute atomic E-state index is 13.9. The van der Waals surface area contributed by atoms with Gasteiger partial charge in [0.1, 0.15) is 5.65 Å². The lowest BCUT2D eigenvalue weighted by Gasteiger charge is -2.36. The molecule has 176 valence electrons. The van der Waals surface area contributed by atoms with Crippen LogP contribution in [0.3, 0.4) is 0 Å². The Bertz CT molecular complexity index is 1490. The molecule has 2 aromatic carbocycles. The number of nitrogens with zero attached hydrogens (tertiary/aromatic N) is 4. The van der Waals surface area contributed by atoms with Crippen LogP contribution in [0, 0.1) is 17.2 Å². The number of nitrogens with one attached hydrogen (secondary N) is 1. The SMILES string of the molecule is CC(C)Cc1cc2c(=O)c3c4ccc(C#N)cc4[nH]c3n(C(C)C)c2cc1N1CCN(C)CC1. The summed E-state index contributed by atoms with van der Waals surface area (Å²) in [6, 6.07) is 12.3. The van der Waals surface area contributed by atoms with Crippen molar-refractivity contribution in [1.29, 1.82) is 5.26 Å². The van der Waals surface area contributed by atoms with E-state index >= 15 is 0 Å². The van der Waals surface area contributed by atoms with Gasteiger partial charge < -0.3 is 19.4 Å². The largest absolute Gasteiger partial charge is 0.369 e. The van der Waals surface area contributed by atoms with E-state index in [0.717, 1.165) is 60.1 Å². The van der Waals surface area contributed by atoms with Gasteiger partial charge in [0.25, 0.3) is 0 Å². The molecule has 34 heavy (non-hydrogen) atoms. The number of benzene rings is 2. The summed E-state index contributed by atoms with van der Waals surface area (Å²) in [5.74, 6) is 0.497. The van der Waals surface area contributed by atoms with Crippen molar-refractivity contribution < 1.29 is 0 Å². The summed E-state index contributed by atoms with van der Waals surface area (Å²) in [6.07, 6.45) is 0.941. The van der Waals surface area contributed by atoms with Gasteiger partial charge in [-0.3, -0.25) is 4.79 Å². The number of pyridine rings is 1. The highest BCUT2D eigenvalue weighted by molar-refractivity contribution is 6.10. The van der Waals surface area contributed by atoms with E-state index in [-0.39, 0.29) is 11.5 Å². The molecule has 4 aromatic rings. The number of nitriles is 1. The normalized spacial score (nSPS) is 15.3. The predicted octanol–water partition coefficient (Wildman–Crippen LogP) is 5.04. The fraction of sp³-hybridized carbons (Fsp3) is 0.429. The van der Waals surface area contributed by atoms with Gasteiger partial charge in [-0.15, -0.1) is 0 Å². The average Bonchev–Trinajstić information content (AvgIpc) is 3.17. The maximum atomic E-state index is 13.9. The van der Waals surface area contributed by atoms with Crippen LogP contribution in [-0.2, 0) is 6.42 Å². The summed E-state index contributed by atoms with van der Waals surface area (Å²) in [5.41, 5.74) is 5.80. The van der Waals surface area contributed by atoms with Gasteiger partial charge in [0.05, 0.1) is 22.5 Å². The first-order chi connectivity index (χ1) is 16.3. The summed E-state index contributed by atoms with van der Waals surface area (Å²) in [4.78, 5) is 22.3. The molecule has 0 aliphatic carbocycles. The molecule has 1 aliphatic heterocycles. The zero-order valence-corrected chi connectivity index (χ0v) is 20.8. The highest BCUT2D eigenvalue weighted by atomic mass is 16.1. The molecule has 0 unspecified atom stereocenters. The summed E-state index contributed by atoms with van der Waals surface area (Å²) >= 11 is 0. The van der Waals surface area contributed by atoms with Crippen LogP contribution in [0.4, 0.5) is 5.69 Å². The first-order valence-electron chi connectivity index (χ1n) is 12.3. The molecule has 0 amide bonds. The Morgan fingerprint density at radius 3 is 2.41 bits per heavy atom. The number of H-pyrrole nitrogens is 1. The zero-order valence-electron chi connectivity index (χ0n) is 20.8. The van der Waals surface area contributed by atoms with Crippen molar-refractivity contribution in [3.05, 3.63) is 51.7 Å². The van der Waals surface area contributed by atoms with E-state index < -0.39 is 0 Å². The summed E-state index contributed by atoms with van der Waals surface area (Å²) in [6.45, 7) is 12.9. The van der Waals surface area contributed by atoms with Crippen molar-refractivity contribution in [3.8, 4) is 6.07 Å². The lowest BCUT2D eigenvalue weighted by atomic mass is 9.97. The summed E-state index contributed by atoms with van der Waals surface area (Å²) in [5, 5.41) is 11.7. The first kappa shape index (κ1) is 22.5. The number of fused-ring (bicyclic) bond motifs is 4. The second-order valence-corrected chi connectivity index (χ2v) is 10.4.